The average Bonchev–Trinajstić information content (AvgIpc) is 3.14. The highest BCUT2D eigenvalue weighted by Gasteiger charge is 2.26. The summed E-state index contributed by atoms with van der Waals surface area (Å²) in [5.74, 6) is 1.01. The van der Waals surface area contributed by atoms with E-state index >= 15 is 0 Å². The van der Waals surface area contributed by atoms with Gasteiger partial charge in [-0.1, -0.05) is 55.8 Å². The topological polar surface area (TPSA) is 95.5 Å². The summed E-state index contributed by atoms with van der Waals surface area (Å²) in [4.78, 5) is 0. The van der Waals surface area contributed by atoms with E-state index in [0.717, 1.165) is 21.0 Å². The zero-order chi connectivity index (χ0) is 22.9. The monoisotopic (exact) mass is 451 g/mol. The maximum Gasteiger partial charge on any atom is 0.365 e. The van der Waals surface area contributed by atoms with E-state index in [-0.39, 0.29) is 5.82 Å². The van der Waals surface area contributed by atoms with Gasteiger partial charge in [0, 0.05) is 11.5 Å². The molecule has 0 aliphatic carbocycles. The van der Waals surface area contributed by atoms with E-state index in [4.69, 9.17) is 4.74 Å². The number of nitrogens with zero attached hydrogens (tertiary/aromatic N) is 2. The standard InChI is InChI=1S/C24H25N3O4S/c1-16(2)19-7-9-20(10-8-19)27(32(28,29)30)24-22-12-11-21(14-23(22)25-26-24)31-15-18-6-4-5-17(3)13-18/h4-14,16H,15H2,1-3H3,(H,25,26)(H,28,29,30). The molecule has 0 aliphatic rings. The summed E-state index contributed by atoms with van der Waals surface area (Å²) in [6, 6.07) is 20.3. The summed E-state index contributed by atoms with van der Waals surface area (Å²) in [5, 5.41) is 7.55. The number of hydrogen-bond donors (Lipinski definition) is 2. The third-order valence-corrected chi connectivity index (χ3v) is 6.06. The third kappa shape index (κ3) is 4.61. The summed E-state index contributed by atoms with van der Waals surface area (Å²) in [5.41, 5.74) is 4.16. The normalized spacial score (nSPS) is 11.8. The van der Waals surface area contributed by atoms with Crippen LogP contribution in [0.15, 0.2) is 66.7 Å². The van der Waals surface area contributed by atoms with Crippen molar-refractivity contribution in [2.24, 2.45) is 0 Å². The molecule has 4 rings (SSSR count). The van der Waals surface area contributed by atoms with Gasteiger partial charge in [0.15, 0.2) is 5.82 Å². The number of aromatic nitrogens is 2. The van der Waals surface area contributed by atoms with Crippen molar-refractivity contribution in [3.05, 3.63) is 83.4 Å². The number of aromatic amines is 1. The van der Waals surface area contributed by atoms with E-state index in [1.807, 2.05) is 37.3 Å². The Morgan fingerprint density at radius 2 is 1.81 bits per heavy atom. The molecule has 32 heavy (non-hydrogen) atoms. The van der Waals surface area contributed by atoms with Crippen LogP contribution in [0, 0.1) is 6.92 Å². The minimum Gasteiger partial charge on any atom is -0.489 e. The first-order valence-corrected chi connectivity index (χ1v) is 11.7. The number of benzene rings is 3. The van der Waals surface area contributed by atoms with Crippen molar-refractivity contribution < 1.29 is 17.7 Å². The van der Waals surface area contributed by atoms with E-state index < -0.39 is 10.3 Å². The fraction of sp³-hybridized carbons (Fsp3) is 0.208. The molecule has 0 saturated carbocycles. The first kappa shape index (κ1) is 21.9. The highest BCUT2D eigenvalue weighted by molar-refractivity contribution is 7.87. The van der Waals surface area contributed by atoms with Gasteiger partial charge in [0.1, 0.15) is 12.4 Å². The SMILES string of the molecule is Cc1cccc(COc2ccc3c(N(c4ccc(C(C)C)cc4)S(=O)(=O)O)n[nH]c3c2)c1. The van der Waals surface area contributed by atoms with Crippen LogP contribution in [0.4, 0.5) is 11.5 Å². The van der Waals surface area contributed by atoms with Gasteiger partial charge < -0.3 is 4.74 Å². The number of rotatable bonds is 7. The van der Waals surface area contributed by atoms with Gasteiger partial charge in [0.25, 0.3) is 0 Å². The molecule has 1 aromatic heterocycles. The van der Waals surface area contributed by atoms with E-state index in [1.54, 1.807) is 30.3 Å². The molecular formula is C24H25N3O4S. The molecule has 0 unspecified atom stereocenters. The number of hydrogen-bond acceptors (Lipinski definition) is 4. The van der Waals surface area contributed by atoms with Crippen LogP contribution >= 0.6 is 0 Å². The molecule has 0 radical (unpaired) electrons. The summed E-state index contributed by atoms with van der Waals surface area (Å²) in [6.07, 6.45) is 0. The fourth-order valence-electron chi connectivity index (χ4n) is 3.56. The molecule has 0 amide bonds. The number of aryl methyl sites for hydroxylation is 1. The Morgan fingerprint density at radius 3 is 2.47 bits per heavy atom. The number of anilines is 2. The molecule has 0 fully saturated rings. The minimum atomic E-state index is -4.61. The zero-order valence-electron chi connectivity index (χ0n) is 18.1. The molecule has 7 nitrogen and oxygen atoms in total. The Kier molecular flexibility index (Phi) is 5.90. The lowest BCUT2D eigenvalue weighted by atomic mass is 10.0. The van der Waals surface area contributed by atoms with E-state index in [9.17, 15) is 13.0 Å². The molecule has 8 heteroatoms. The van der Waals surface area contributed by atoms with E-state index in [0.29, 0.717) is 34.9 Å². The zero-order valence-corrected chi connectivity index (χ0v) is 18.9. The fourth-order valence-corrected chi connectivity index (χ4v) is 4.30. The number of H-pyrrole nitrogens is 1. The van der Waals surface area contributed by atoms with Crippen LogP contribution in [0.25, 0.3) is 10.9 Å². The Hall–Kier alpha value is -3.36. The smallest absolute Gasteiger partial charge is 0.365 e. The molecule has 0 saturated heterocycles. The number of ether oxygens (including phenoxy) is 1. The van der Waals surface area contributed by atoms with Crippen molar-refractivity contribution in [1.82, 2.24) is 10.2 Å². The van der Waals surface area contributed by atoms with Gasteiger partial charge in [-0.15, -0.1) is 0 Å². The predicted molar refractivity (Wildman–Crippen MR) is 126 cm³/mol. The third-order valence-electron chi connectivity index (χ3n) is 5.22. The number of fused-ring (bicyclic) bond motifs is 1. The lowest BCUT2D eigenvalue weighted by Gasteiger charge is -2.19. The van der Waals surface area contributed by atoms with Crippen LogP contribution in [-0.2, 0) is 16.9 Å². The highest BCUT2D eigenvalue weighted by Crippen LogP contribution is 2.34. The van der Waals surface area contributed by atoms with Crippen LogP contribution in [0.1, 0.15) is 36.5 Å². The van der Waals surface area contributed by atoms with Crippen molar-refractivity contribution in [2.75, 3.05) is 4.31 Å². The van der Waals surface area contributed by atoms with Gasteiger partial charge >= 0.3 is 10.3 Å². The molecule has 0 spiro atoms. The molecule has 166 valence electrons. The molecule has 4 aromatic rings. The van der Waals surface area contributed by atoms with Gasteiger partial charge in [-0.05, 0) is 48.2 Å². The summed E-state index contributed by atoms with van der Waals surface area (Å²) in [7, 11) is -4.61. The molecule has 0 atom stereocenters. The van der Waals surface area contributed by atoms with Crippen molar-refractivity contribution in [1.29, 1.82) is 0 Å². The van der Waals surface area contributed by atoms with Gasteiger partial charge in [-0.3, -0.25) is 9.65 Å². The second-order valence-corrected chi connectivity index (χ2v) is 9.28. The molecule has 2 N–H and O–H groups in total. The summed E-state index contributed by atoms with van der Waals surface area (Å²) in [6.45, 7) is 6.54. The second-order valence-electron chi connectivity index (χ2n) is 8.02. The van der Waals surface area contributed by atoms with Gasteiger partial charge in [-0.2, -0.15) is 17.8 Å². The Bertz CT molecular complexity index is 1350. The predicted octanol–water partition coefficient (Wildman–Crippen LogP) is 5.51. The number of nitrogens with one attached hydrogen (secondary N) is 1. The Morgan fingerprint density at radius 1 is 1.06 bits per heavy atom. The highest BCUT2D eigenvalue weighted by atomic mass is 32.2. The van der Waals surface area contributed by atoms with Crippen LogP contribution in [-0.4, -0.2) is 23.2 Å². The summed E-state index contributed by atoms with van der Waals surface area (Å²) < 4.78 is 41.2. The Labute approximate surface area is 187 Å². The lowest BCUT2D eigenvalue weighted by Crippen LogP contribution is -2.25. The first-order chi connectivity index (χ1) is 15.2. The molecule has 0 bridgehead atoms. The Balaban J connectivity index is 1.65. The van der Waals surface area contributed by atoms with Crippen LogP contribution in [0.2, 0.25) is 0 Å². The largest absolute Gasteiger partial charge is 0.489 e. The maximum absolute atomic E-state index is 12.2. The lowest BCUT2D eigenvalue weighted by molar-refractivity contribution is 0.306. The minimum absolute atomic E-state index is 0.0880. The van der Waals surface area contributed by atoms with E-state index in [2.05, 4.69) is 30.1 Å². The molecule has 0 aliphatic heterocycles. The van der Waals surface area contributed by atoms with Crippen molar-refractivity contribution in [2.45, 2.75) is 33.3 Å². The van der Waals surface area contributed by atoms with Gasteiger partial charge in [-0.25, -0.2) is 0 Å². The van der Waals surface area contributed by atoms with Gasteiger partial charge in [0.2, 0.25) is 0 Å². The van der Waals surface area contributed by atoms with Crippen LogP contribution in [0.3, 0.4) is 0 Å². The molecule has 1 heterocycles. The van der Waals surface area contributed by atoms with Crippen molar-refractivity contribution >= 4 is 32.7 Å². The van der Waals surface area contributed by atoms with Gasteiger partial charge in [0.05, 0.1) is 11.2 Å². The van der Waals surface area contributed by atoms with E-state index in [1.165, 1.54) is 0 Å². The first-order valence-electron chi connectivity index (χ1n) is 10.3. The molecular weight excluding hydrogens is 426 g/mol. The van der Waals surface area contributed by atoms with Crippen LogP contribution in [0.5, 0.6) is 5.75 Å². The van der Waals surface area contributed by atoms with Crippen molar-refractivity contribution in [3.8, 4) is 5.75 Å². The maximum atomic E-state index is 12.2. The van der Waals surface area contributed by atoms with Crippen LogP contribution < -0.4 is 9.04 Å². The summed E-state index contributed by atoms with van der Waals surface area (Å²) >= 11 is 0. The quantitative estimate of drug-likeness (QED) is 0.361. The second kappa shape index (κ2) is 8.64. The van der Waals surface area contributed by atoms with Crippen molar-refractivity contribution in [3.63, 3.8) is 0 Å². The molecule has 3 aromatic carbocycles. The average molecular weight is 452 g/mol.